The summed E-state index contributed by atoms with van der Waals surface area (Å²) in [7, 11) is -0.881. The Hall–Kier alpha value is -1.18. The van der Waals surface area contributed by atoms with Gasteiger partial charge < -0.3 is 19.5 Å². The van der Waals surface area contributed by atoms with Gasteiger partial charge in [-0.15, -0.1) is 11.8 Å². The van der Waals surface area contributed by atoms with Crippen molar-refractivity contribution < 1.29 is 24.3 Å². The third-order valence-electron chi connectivity index (χ3n) is 5.45. The lowest BCUT2D eigenvalue weighted by Crippen LogP contribution is -2.28. The molecule has 1 saturated carbocycles. The first-order valence-electron chi connectivity index (χ1n) is 8.55. The Bertz CT molecular complexity index is 661. The molecule has 1 aliphatic carbocycles. The predicted octanol–water partition coefficient (Wildman–Crippen LogP) is 3.02. The van der Waals surface area contributed by atoms with Gasteiger partial charge in [0.2, 0.25) is 0 Å². The van der Waals surface area contributed by atoms with E-state index < -0.39 is 13.1 Å². The van der Waals surface area contributed by atoms with Crippen LogP contribution in [0.2, 0.25) is 5.82 Å². The highest BCUT2D eigenvalue weighted by molar-refractivity contribution is 8.00. The summed E-state index contributed by atoms with van der Waals surface area (Å²) in [6.45, 7) is 3.71. The zero-order chi connectivity index (χ0) is 16.8. The summed E-state index contributed by atoms with van der Waals surface area (Å²) in [5.74, 6) is 0.283. The van der Waals surface area contributed by atoms with E-state index in [1.54, 1.807) is 11.8 Å². The Morgan fingerprint density at radius 2 is 2.12 bits per heavy atom. The summed E-state index contributed by atoms with van der Waals surface area (Å²) in [6.07, 6.45) is 2.90. The molecule has 2 heterocycles. The fourth-order valence-electron chi connectivity index (χ4n) is 3.88. The number of ether oxygens (including phenoxy) is 1. The highest BCUT2D eigenvalue weighted by Crippen LogP contribution is 2.60. The Morgan fingerprint density at radius 3 is 2.83 bits per heavy atom. The van der Waals surface area contributed by atoms with Gasteiger partial charge in [0.25, 0.3) is 0 Å². The molecule has 1 saturated heterocycles. The van der Waals surface area contributed by atoms with Gasteiger partial charge in [-0.1, -0.05) is 13.0 Å². The lowest BCUT2D eigenvalue weighted by molar-refractivity contribution is 0.0667. The first-order valence-corrected chi connectivity index (χ1v) is 9.43. The molecule has 2 aliphatic heterocycles. The topological polar surface area (TPSA) is 76.0 Å². The van der Waals surface area contributed by atoms with E-state index in [0.717, 1.165) is 42.9 Å². The molecule has 0 unspecified atom stereocenters. The van der Waals surface area contributed by atoms with E-state index in [1.807, 2.05) is 12.1 Å². The number of carbonyl (C=O) groups is 1. The smallest absolute Gasteiger partial charge is 0.526 e. The average molecular weight is 348 g/mol. The third-order valence-corrected chi connectivity index (χ3v) is 6.80. The number of hydrogen-bond donors (Lipinski definition) is 2. The minimum atomic E-state index is -0.986. The van der Waals surface area contributed by atoms with Crippen LogP contribution in [-0.2, 0) is 4.74 Å². The van der Waals surface area contributed by atoms with Crippen LogP contribution in [0.25, 0.3) is 0 Å². The van der Waals surface area contributed by atoms with Crippen molar-refractivity contribution in [1.29, 1.82) is 0 Å². The lowest BCUT2D eigenvalue weighted by atomic mass is 9.77. The van der Waals surface area contributed by atoms with Gasteiger partial charge in [-0.3, -0.25) is 0 Å². The molecule has 0 amide bonds. The van der Waals surface area contributed by atoms with Crippen LogP contribution in [-0.4, -0.2) is 41.7 Å². The maximum Gasteiger partial charge on any atom is 0.526 e. The van der Waals surface area contributed by atoms with Crippen LogP contribution in [0.1, 0.15) is 48.0 Å². The van der Waals surface area contributed by atoms with E-state index in [1.165, 1.54) is 0 Å². The van der Waals surface area contributed by atoms with Gasteiger partial charge in [0, 0.05) is 29.2 Å². The SMILES string of the molecule is C[C@H](Sc1ccc2c(c1C(=O)O)OB(O)[C@@H]1C[C@H]21)C1CCOCC1. The maximum absolute atomic E-state index is 11.9. The van der Waals surface area contributed by atoms with E-state index in [0.29, 0.717) is 16.9 Å². The number of carboxylic acid groups (broad SMARTS) is 1. The first-order chi connectivity index (χ1) is 11.6. The second-order valence-corrected chi connectivity index (χ2v) is 8.37. The molecule has 0 aromatic heterocycles. The van der Waals surface area contributed by atoms with Gasteiger partial charge in [0.15, 0.2) is 0 Å². The molecule has 3 aliphatic rings. The van der Waals surface area contributed by atoms with Crippen LogP contribution in [0.5, 0.6) is 5.75 Å². The van der Waals surface area contributed by atoms with Crippen molar-refractivity contribution in [3.05, 3.63) is 23.3 Å². The van der Waals surface area contributed by atoms with Crippen LogP contribution in [0.15, 0.2) is 17.0 Å². The van der Waals surface area contributed by atoms with Gasteiger partial charge in [-0.2, -0.15) is 0 Å². The molecule has 4 rings (SSSR count). The van der Waals surface area contributed by atoms with Crippen molar-refractivity contribution in [1.82, 2.24) is 0 Å². The Kier molecular flexibility index (Phi) is 4.27. The second kappa shape index (κ2) is 6.28. The van der Waals surface area contributed by atoms with Crippen molar-refractivity contribution >= 4 is 24.8 Å². The minimum absolute atomic E-state index is 0.124. The van der Waals surface area contributed by atoms with Crippen molar-refractivity contribution in [3.63, 3.8) is 0 Å². The molecule has 2 N–H and O–H groups in total. The van der Waals surface area contributed by atoms with Crippen LogP contribution >= 0.6 is 11.8 Å². The van der Waals surface area contributed by atoms with E-state index in [-0.39, 0.29) is 17.3 Å². The Balaban J connectivity index is 1.63. The summed E-state index contributed by atoms with van der Waals surface area (Å²) in [5.41, 5.74) is 1.14. The predicted molar refractivity (Wildman–Crippen MR) is 92.0 cm³/mol. The fraction of sp³-hybridized carbons (Fsp3) is 0.588. The van der Waals surface area contributed by atoms with Gasteiger partial charge in [0.05, 0.1) is 0 Å². The van der Waals surface area contributed by atoms with Gasteiger partial charge in [-0.05, 0) is 42.7 Å². The van der Waals surface area contributed by atoms with Gasteiger partial charge in [0.1, 0.15) is 11.3 Å². The molecule has 3 atom stereocenters. The zero-order valence-electron chi connectivity index (χ0n) is 13.6. The number of fused-ring (bicyclic) bond motifs is 3. The monoisotopic (exact) mass is 348 g/mol. The summed E-state index contributed by atoms with van der Waals surface area (Å²) in [6, 6.07) is 3.90. The highest BCUT2D eigenvalue weighted by atomic mass is 32.2. The van der Waals surface area contributed by atoms with Crippen molar-refractivity contribution in [2.75, 3.05) is 13.2 Å². The van der Waals surface area contributed by atoms with Crippen molar-refractivity contribution in [2.45, 2.75) is 48.1 Å². The molecule has 1 aromatic rings. The standard InChI is InChI=1S/C17H21BO5S/c1-9(10-4-6-22-7-5-10)24-14-3-2-11-12-8-13(12)18(21)23-16(11)15(14)17(19)20/h2-3,9-10,12-13,21H,4-8H2,1H3,(H,19,20)/t9-,12+,13+/m0/s1. The summed E-state index contributed by atoms with van der Waals surface area (Å²) >= 11 is 1.60. The lowest BCUT2D eigenvalue weighted by Gasteiger charge is -2.28. The number of benzene rings is 1. The number of hydrogen-bond acceptors (Lipinski definition) is 5. The molecular weight excluding hydrogens is 327 g/mol. The van der Waals surface area contributed by atoms with Crippen molar-refractivity contribution in [2.24, 2.45) is 5.92 Å². The van der Waals surface area contributed by atoms with Gasteiger partial charge in [-0.25, -0.2) is 4.79 Å². The quantitative estimate of drug-likeness (QED) is 0.644. The third kappa shape index (κ3) is 2.83. The Morgan fingerprint density at radius 1 is 1.38 bits per heavy atom. The number of thioether (sulfide) groups is 1. The molecule has 0 radical (unpaired) electrons. The first kappa shape index (κ1) is 16.3. The van der Waals surface area contributed by atoms with Crippen LogP contribution < -0.4 is 4.65 Å². The molecule has 0 bridgehead atoms. The summed E-state index contributed by atoms with van der Waals surface area (Å²) in [4.78, 5) is 12.6. The minimum Gasteiger partial charge on any atom is -0.535 e. The van der Waals surface area contributed by atoms with Gasteiger partial charge >= 0.3 is 13.1 Å². The molecular formula is C17H21BO5S. The number of carboxylic acids is 1. The largest absolute Gasteiger partial charge is 0.535 e. The molecule has 7 heteroatoms. The normalized spacial score (nSPS) is 27.0. The van der Waals surface area contributed by atoms with Crippen LogP contribution in [0.3, 0.4) is 0 Å². The molecule has 0 spiro atoms. The van der Waals surface area contributed by atoms with E-state index >= 15 is 0 Å². The van der Waals surface area contributed by atoms with E-state index in [2.05, 4.69) is 6.92 Å². The van der Waals surface area contributed by atoms with E-state index in [4.69, 9.17) is 9.39 Å². The number of rotatable bonds is 4. The highest BCUT2D eigenvalue weighted by Gasteiger charge is 2.54. The van der Waals surface area contributed by atoms with Crippen LogP contribution in [0, 0.1) is 5.92 Å². The fourth-order valence-corrected chi connectivity index (χ4v) is 5.19. The average Bonchev–Trinajstić information content (AvgIpc) is 3.36. The zero-order valence-corrected chi connectivity index (χ0v) is 14.4. The molecule has 5 nitrogen and oxygen atoms in total. The van der Waals surface area contributed by atoms with Crippen LogP contribution in [0.4, 0.5) is 0 Å². The maximum atomic E-state index is 11.9. The molecule has 2 fully saturated rings. The summed E-state index contributed by atoms with van der Waals surface area (Å²) < 4.78 is 11.0. The summed E-state index contributed by atoms with van der Waals surface area (Å²) in [5, 5.41) is 20.1. The molecule has 128 valence electrons. The second-order valence-electron chi connectivity index (χ2n) is 6.95. The molecule has 24 heavy (non-hydrogen) atoms. The Labute approximate surface area is 145 Å². The van der Waals surface area contributed by atoms with E-state index in [9.17, 15) is 14.9 Å². The molecule has 1 aromatic carbocycles. The number of aromatic carboxylic acids is 1. The van der Waals surface area contributed by atoms with Crippen molar-refractivity contribution in [3.8, 4) is 5.75 Å².